The number of thiophene rings is 1. The van der Waals surface area contributed by atoms with E-state index in [-0.39, 0.29) is 11.4 Å². The first kappa shape index (κ1) is 20.2. The first-order valence-corrected chi connectivity index (χ1v) is 11.3. The molecule has 1 saturated heterocycles. The number of fused-ring (bicyclic) bond motifs is 1. The summed E-state index contributed by atoms with van der Waals surface area (Å²) in [4.78, 5) is 25.8. The standard InChI is InChI=1S/C23H20ClFN4OS/c24-16-2-1-3-18(12-16)29-10-8-28(9-11-29)14-21-26-19-13-20(31-22(19)23(30)27-21)15-4-6-17(25)7-5-15/h1-7,12-13H,8-11,14H2,(H,26,27,30). The summed E-state index contributed by atoms with van der Waals surface area (Å²) in [5.74, 6) is 0.385. The molecule has 1 fully saturated rings. The van der Waals surface area contributed by atoms with Crippen LogP contribution in [-0.2, 0) is 6.54 Å². The largest absolute Gasteiger partial charge is 0.369 e. The van der Waals surface area contributed by atoms with Crippen LogP contribution >= 0.6 is 22.9 Å². The summed E-state index contributed by atoms with van der Waals surface area (Å²) in [6.45, 7) is 4.12. The van der Waals surface area contributed by atoms with E-state index >= 15 is 0 Å². The monoisotopic (exact) mass is 454 g/mol. The predicted molar refractivity (Wildman–Crippen MR) is 125 cm³/mol. The molecular weight excluding hydrogens is 435 g/mol. The van der Waals surface area contributed by atoms with Gasteiger partial charge in [-0.3, -0.25) is 9.69 Å². The molecule has 0 unspecified atom stereocenters. The molecule has 0 spiro atoms. The minimum absolute atomic E-state index is 0.129. The van der Waals surface area contributed by atoms with Crippen LogP contribution in [0.5, 0.6) is 0 Å². The van der Waals surface area contributed by atoms with Crippen molar-refractivity contribution in [1.82, 2.24) is 14.9 Å². The van der Waals surface area contributed by atoms with Gasteiger partial charge in [0.25, 0.3) is 5.56 Å². The summed E-state index contributed by atoms with van der Waals surface area (Å²) in [5, 5.41) is 0.741. The van der Waals surface area contributed by atoms with Crippen molar-refractivity contribution in [2.45, 2.75) is 6.54 Å². The first-order chi connectivity index (χ1) is 15.0. The number of nitrogens with zero attached hydrogens (tertiary/aromatic N) is 3. The molecule has 2 aromatic carbocycles. The summed E-state index contributed by atoms with van der Waals surface area (Å²) in [6, 6.07) is 16.1. The Morgan fingerprint density at radius 2 is 1.84 bits per heavy atom. The highest BCUT2D eigenvalue weighted by atomic mass is 35.5. The Bertz CT molecular complexity index is 1280. The minimum Gasteiger partial charge on any atom is -0.369 e. The second kappa shape index (κ2) is 8.42. The Labute approximate surface area is 187 Å². The van der Waals surface area contributed by atoms with E-state index in [0.717, 1.165) is 47.3 Å². The molecule has 2 aromatic heterocycles. The smallest absolute Gasteiger partial charge is 0.268 e. The Balaban J connectivity index is 1.31. The molecule has 5 nitrogen and oxygen atoms in total. The molecule has 0 bridgehead atoms. The van der Waals surface area contributed by atoms with E-state index in [2.05, 4.69) is 20.9 Å². The van der Waals surface area contributed by atoms with Crippen LogP contribution in [0.25, 0.3) is 20.7 Å². The highest BCUT2D eigenvalue weighted by Gasteiger charge is 2.19. The summed E-state index contributed by atoms with van der Waals surface area (Å²) >= 11 is 7.49. The number of nitrogens with one attached hydrogen (secondary N) is 1. The van der Waals surface area contributed by atoms with Crippen LogP contribution in [0.1, 0.15) is 5.82 Å². The van der Waals surface area contributed by atoms with E-state index in [9.17, 15) is 9.18 Å². The summed E-state index contributed by atoms with van der Waals surface area (Å²) in [6.07, 6.45) is 0. The maximum absolute atomic E-state index is 13.2. The molecule has 8 heteroatoms. The maximum Gasteiger partial charge on any atom is 0.268 e. The molecular formula is C23H20ClFN4OS. The highest BCUT2D eigenvalue weighted by molar-refractivity contribution is 7.22. The average molecular weight is 455 g/mol. The van der Waals surface area contributed by atoms with Crippen LogP contribution in [0.4, 0.5) is 10.1 Å². The SMILES string of the molecule is O=c1[nH]c(CN2CCN(c3cccc(Cl)c3)CC2)nc2cc(-c3ccc(F)cc3)sc12. The third kappa shape index (κ3) is 4.35. The van der Waals surface area contributed by atoms with E-state index in [1.807, 2.05) is 24.3 Å². The van der Waals surface area contributed by atoms with E-state index in [1.54, 1.807) is 12.1 Å². The Morgan fingerprint density at radius 3 is 2.58 bits per heavy atom. The summed E-state index contributed by atoms with van der Waals surface area (Å²) < 4.78 is 13.8. The lowest BCUT2D eigenvalue weighted by atomic mass is 10.2. The van der Waals surface area contributed by atoms with Crippen molar-refractivity contribution < 1.29 is 4.39 Å². The summed E-state index contributed by atoms with van der Waals surface area (Å²) in [7, 11) is 0. The second-order valence-corrected chi connectivity index (χ2v) is 9.08. The van der Waals surface area contributed by atoms with Crippen molar-refractivity contribution in [3.05, 3.63) is 81.6 Å². The molecule has 3 heterocycles. The maximum atomic E-state index is 13.2. The third-order valence-corrected chi connectivity index (χ3v) is 6.89. The number of piperazine rings is 1. The van der Waals surface area contributed by atoms with E-state index in [1.165, 1.54) is 23.5 Å². The summed E-state index contributed by atoms with van der Waals surface area (Å²) in [5.41, 5.74) is 2.56. The number of anilines is 1. The molecule has 31 heavy (non-hydrogen) atoms. The van der Waals surface area contributed by atoms with Gasteiger partial charge in [0.2, 0.25) is 0 Å². The van der Waals surface area contributed by atoms with Crippen molar-refractivity contribution in [2.75, 3.05) is 31.1 Å². The topological polar surface area (TPSA) is 52.2 Å². The number of benzene rings is 2. The highest BCUT2D eigenvalue weighted by Crippen LogP contribution is 2.31. The normalized spacial score (nSPS) is 15.0. The lowest BCUT2D eigenvalue weighted by molar-refractivity contribution is 0.244. The molecule has 4 aromatic rings. The zero-order valence-electron chi connectivity index (χ0n) is 16.6. The quantitative estimate of drug-likeness (QED) is 0.482. The average Bonchev–Trinajstić information content (AvgIpc) is 3.20. The van der Waals surface area contributed by atoms with E-state index < -0.39 is 0 Å². The molecule has 1 N–H and O–H groups in total. The molecule has 0 atom stereocenters. The number of aromatic amines is 1. The molecule has 1 aliphatic heterocycles. The van der Waals surface area contributed by atoms with Gasteiger partial charge < -0.3 is 9.88 Å². The van der Waals surface area contributed by atoms with Crippen LogP contribution in [0, 0.1) is 5.82 Å². The van der Waals surface area contributed by atoms with Gasteiger partial charge in [0, 0.05) is 41.8 Å². The van der Waals surface area contributed by atoms with Crippen molar-refractivity contribution in [3.8, 4) is 10.4 Å². The van der Waals surface area contributed by atoms with Crippen LogP contribution in [0.15, 0.2) is 59.4 Å². The van der Waals surface area contributed by atoms with Crippen molar-refractivity contribution in [1.29, 1.82) is 0 Å². The van der Waals surface area contributed by atoms with E-state index in [0.29, 0.717) is 22.6 Å². The molecule has 0 saturated carbocycles. The molecule has 1 aliphatic rings. The lowest BCUT2D eigenvalue weighted by Crippen LogP contribution is -2.46. The fraction of sp³-hybridized carbons (Fsp3) is 0.217. The fourth-order valence-electron chi connectivity index (χ4n) is 3.87. The van der Waals surface area contributed by atoms with Gasteiger partial charge in [0.1, 0.15) is 16.3 Å². The van der Waals surface area contributed by atoms with Crippen LogP contribution < -0.4 is 10.5 Å². The number of halogens is 2. The van der Waals surface area contributed by atoms with Crippen LogP contribution in [0.2, 0.25) is 5.02 Å². The van der Waals surface area contributed by atoms with Gasteiger partial charge in [0.15, 0.2) is 0 Å². The van der Waals surface area contributed by atoms with Gasteiger partial charge in [-0.15, -0.1) is 11.3 Å². The molecule has 5 rings (SSSR count). The zero-order valence-corrected chi connectivity index (χ0v) is 18.2. The van der Waals surface area contributed by atoms with Crippen LogP contribution in [-0.4, -0.2) is 41.0 Å². The zero-order chi connectivity index (χ0) is 21.4. The Hall–Kier alpha value is -2.74. The number of hydrogen-bond donors (Lipinski definition) is 1. The molecule has 0 amide bonds. The predicted octanol–water partition coefficient (Wildman–Crippen LogP) is 4.77. The Kier molecular flexibility index (Phi) is 5.48. The van der Waals surface area contributed by atoms with Crippen molar-refractivity contribution in [3.63, 3.8) is 0 Å². The first-order valence-electron chi connectivity index (χ1n) is 10.1. The molecule has 158 valence electrons. The van der Waals surface area contributed by atoms with Crippen molar-refractivity contribution in [2.24, 2.45) is 0 Å². The van der Waals surface area contributed by atoms with Gasteiger partial charge >= 0.3 is 0 Å². The Morgan fingerprint density at radius 1 is 1.06 bits per heavy atom. The van der Waals surface area contributed by atoms with Gasteiger partial charge in [-0.2, -0.15) is 0 Å². The number of rotatable bonds is 4. The van der Waals surface area contributed by atoms with Gasteiger partial charge in [0.05, 0.1) is 12.1 Å². The number of hydrogen-bond acceptors (Lipinski definition) is 5. The lowest BCUT2D eigenvalue weighted by Gasteiger charge is -2.35. The van der Waals surface area contributed by atoms with Crippen LogP contribution in [0.3, 0.4) is 0 Å². The number of H-pyrrole nitrogens is 1. The van der Waals surface area contributed by atoms with Gasteiger partial charge in [-0.05, 0) is 42.0 Å². The van der Waals surface area contributed by atoms with E-state index in [4.69, 9.17) is 16.6 Å². The molecule has 0 radical (unpaired) electrons. The fourth-order valence-corrected chi connectivity index (χ4v) is 5.05. The van der Waals surface area contributed by atoms with Gasteiger partial charge in [-0.1, -0.05) is 29.8 Å². The molecule has 0 aliphatic carbocycles. The number of aromatic nitrogens is 2. The minimum atomic E-state index is -0.279. The van der Waals surface area contributed by atoms with Crippen molar-refractivity contribution >= 4 is 38.8 Å². The van der Waals surface area contributed by atoms with Gasteiger partial charge in [-0.25, -0.2) is 9.37 Å². The third-order valence-electron chi connectivity index (χ3n) is 5.48. The second-order valence-electron chi connectivity index (χ2n) is 7.59.